The molecule has 0 aliphatic rings. The van der Waals surface area contributed by atoms with Crippen LogP contribution in [0, 0.1) is 5.82 Å². The van der Waals surface area contributed by atoms with Crippen LogP contribution in [0.25, 0.3) is 55.8 Å². The van der Waals surface area contributed by atoms with E-state index in [1.165, 1.54) is 25.6 Å². The third kappa shape index (κ3) is 3.24. The van der Waals surface area contributed by atoms with E-state index in [0.717, 1.165) is 22.2 Å². The Kier molecular flexibility index (Phi) is 4.29. The standard InChI is InChI=1S/C23H15FN8O/c1-33-15-3-12(2-14(24)4-15)17-8-25-9-20-21(17)30-23(29-20)22-16-5-18(13-6-26-11-27-7-13)28-10-19(16)31-32-22/h2-11H,1H3,(H,29,30)(H,31,32). The summed E-state index contributed by atoms with van der Waals surface area (Å²) in [7, 11) is 1.50. The number of halogens is 1. The highest BCUT2D eigenvalue weighted by atomic mass is 19.1. The van der Waals surface area contributed by atoms with E-state index >= 15 is 0 Å². The maximum Gasteiger partial charge on any atom is 0.159 e. The van der Waals surface area contributed by atoms with Crippen molar-refractivity contribution in [3.63, 3.8) is 0 Å². The molecule has 0 radical (unpaired) electrons. The smallest absolute Gasteiger partial charge is 0.159 e. The summed E-state index contributed by atoms with van der Waals surface area (Å²) in [6.45, 7) is 0. The van der Waals surface area contributed by atoms with Gasteiger partial charge in [-0.1, -0.05) is 0 Å². The molecule has 6 rings (SSSR count). The molecule has 0 atom stereocenters. The van der Waals surface area contributed by atoms with Crippen LogP contribution in [0.4, 0.5) is 4.39 Å². The summed E-state index contributed by atoms with van der Waals surface area (Å²) in [5, 5.41) is 8.28. The van der Waals surface area contributed by atoms with Crippen molar-refractivity contribution >= 4 is 21.9 Å². The molecule has 0 bridgehead atoms. The second kappa shape index (κ2) is 7.45. The lowest BCUT2D eigenvalue weighted by molar-refractivity contribution is 0.411. The number of nitrogens with zero attached hydrogens (tertiary/aromatic N) is 6. The lowest BCUT2D eigenvalue weighted by atomic mass is 10.1. The van der Waals surface area contributed by atoms with Gasteiger partial charge in [0.25, 0.3) is 0 Å². The second-order valence-corrected chi connectivity index (χ2v) is 7.36. The first kappa shape index (κ1) is 19.0. The minimum absolute atomic E-state index is 0.402. The summed E-state index contributed by atoms with van der Waals surface area (Å²) < 4.78 is 19.3. The highest BCUT2D eigenvalue weighted by Crippen LogP contribution is 2.33. The van der Waals surface area contributed by atoms with Gasteiger partial charge in [-0.2, -0.15) is 5.10 Å². The molecule has 10 heteroatoms. The molecule has 2 N–H and O–H groups in total. The minimum Gasteiger partial charge on any atom is -0.497 e. The highest BCUT2D eigenvalue weighted by Gasteiger charge is 2.17. The van der Waals surface area contributed by atoms with Crippen LogP contribution in [-0.2, 0) is 0 Å². The fraction of sp³-hybridized carbons (Fsp3) is 0.0435. The first-order valence-electron chi connectivity index (χ1n) is 9.98. The molecule has 0 saturated carbocycles. The SMILES string of the molecule is COc1cc(F)cc(-c2cncc3[nH]c(-c4n[nH]c5cnc(-c6cncnc6)cc45)nc23)c1. The van der Waals surface area contributed by atoms with Gasteiger partial charge < -0.3 is 9.72 Å². The molecule has 0 fully saturated rings. The van der Waals surface area contributed by atoms with E-state index in [4.69, 9.17) is 9.72 Å². The van der Waals surface area contributed by atoms with Crippen molar-refractivity contribution in [2.24, 2.45) is 0 Å². The van der Waals surface area contributed by atoms with Gasteiger partial charge in [-0.25, -0.2) is 19.3 Å². The average Bonchev–Trinajstić information content (AvgIpc) is 3.47. The third-order valence-electron chi connectivity index (χ3n) is 5.34. The molecule has 160 valence electrons. The average molecular weight is 438 g/mol. The summed E-state index contributed by atoms with van der Waals surface area (Å²) in [6.07, 6.45) is 9.92. The lowest BCUT2D eigenvalue weighted by Crippen LogP contribution is -1.89. The molecule has 0 amide bonds. The number of ether oxygens (including phenoxy) is 1. The van der Waals surface area contributed by atoms with Crippen LogP contribution >= 0.6 is 0 Å². The fourth-order valence-corrected chi connectivity index (χ4v) is 3.78. The van der Waals surface area contributed by atoms with E-state index in [1.807, 2.05) is 6.07 Å². The molecule has 0 unspecified atom stereocenters. The molecule has 0 spiro atoms. The van der Waals surface area contributed by atoms with Crippen LogP contribution in [0.5, 0.6) is 5.75 Å². The van der Waals surface area contributed by atoms with Gasteiger partial charge in [0.2, 0.25) is 0 Å². The predicted octanol–water partition coefficient (Wildman–Crippen LogP) is 4.17. The molecule has 0 aliphatic carbocycles. The number of hydrogen-bond donors (Lipinski definition) is 2. The first-order valence-corrected chi connectivity index (χ1v) is 9.98. The van der Waals surface area contributed by atoms with Gasteiger partial charge in [-0.15, -0.1) is 0 Å². The number of rotatable bonds is 4. The highest BCUT2D eigenvalue weighted by molar-refractivity contribution is 5.97. The summed E-state index contributed by atoms with van der Waals surface area (Å²) in [6, 6.07) is 6.41. The summed E-state index contributed by atoms with van der Waals surface area (Å²) in [4.78, 5) is 24.9. The second-order valence-electron chi connectivity index (χ2n) is 7.36. The summed E-state index contributed by atoms with van der Waals surface area (Å²) in [5.74, 6) is 0.566. The Morgan fingerprint density at radius 3 is 2.61 bits per heavy atom. The molecule has 33 heavy (non-hydrogen) atoms. The minimum atomic E-state index is -0.402. The molecular formula is C23H15FN8O. The zero-order valence-electron chi connectivity index (χ0n) is 17.2. The van der Waals surface area contributed by atoms with E-state index in [1.54, 1.807) is 37.1 Å². The number of H-pyrrole nitrogens is 2. The number of nitrogens with one attached hydrogen (secondary N) is 2. The number of aromatic nitrogens is 8. The Morgan fingerprint density at radius 2 is 1.76 bits per heavy atom. The van der Waals surface area contributed by atoms with E-state index < -0.39 is 5.82 Å². The van der Waals surface area contributed by atoms with Gasteiger partial charge in [0.1, 0.15) is 23.6 Å². The normalized spacial score (nSPS) is 11.3. The molecule has 1 aromatic carbocycles. The van der Waals surface area contributed by atoms with Gasteiger partial charge in [0.05, 0.1) is 41.7 Å². The van der Waals surface area contributed by atoms with Crippen LogP contribution in [0.1, 0.15) is 0 Å². The fourth-order valence-electron chi connectivity index (χ4n) is 3.78. The van der Waals surface area contributed by atoms with Gasteiger partial charge >= 0.3 is 0 Å². The van der Waals surface area contributed by atoms with Crippen molar-refractivity contribution in [3.05, 3.63) is 67.4 Å². The first-order chi connectivity index (χ1) is 16.2. The number of hydrogen-bond acceptors (Lipinski definition) is 7. The molecule has 0 saturated heterocycles. The quantitative estimate of drug-likeness (QED) is 0.424. The van der Waals surface area contributed by atoms with Crippen LogP contribution in [-0.4, -0.2) is 47.2 Å². The van der Waals surface area contributed by atoms with E-state index in [0.29, 0.717) is 39.4 Å². The zero-order valence-corrected chi connectivity index (χ0v) is 17.2. The Morgan fingerprint density at radius 1 is 0.879 bits per heavy atom. The van der Waals surface area contributed by atoms with Crippen molar-refractivity contribution in [3.8, 4) is 39.7 Å². The molecule has 6 aromatic rings. The van der Waals surface area contributed by atoms with Crippen molar-refractivity contribution in [2.45, 2.75) is 0 Å². The van der Waals surface area contributed by atoms with Crippen molar-refractivity contribution in [1.29, 1.82) is 0 Å². The molecular weight excluding hydrogens is 423 g/mol. The summed E-state index contributed by atoms with van der Waals surface area (Å²) in [5.41, 5.74) is 5.55. The third-order valence-corrected chi connectivity index (χ3v) is 5.34. The Balaban J connectivity index is 1.50. The Hall–Kier alpha value is -4.73. The Labute approximate surface area is 185 Å². The monoisotopic (exact) mass is 438 g/mol. The van der Waals surface area contributed by atoms with E-state index in [-0.39, 0.29) is 0 Å². The topological polar surface area (TPSA) is 118 Å². The van der Waals surface area contributed by atoms with Gasteiger partial charge in [0, 0.05) is 41.2 Å². The van der Waals surface area contributed by atoms with Gasteiger partial charge in [-0.3, -0.25) is 15.1 Å². The van der Waals surface area contributed by atoms with Gasteiger partial charge in [0.15, 0.2) is 5.82 Å². The van der Waals surface area contributed by atoms with Crippen LogP contribution in [0.15, 0.2) is 61.6 Å². The zero-order chi connectivity index (χ0) is 22.4. The van der Waals surface area contributed by atoms with Crippen molar-refractivity contribution < 1.29 is 9.13 Å². The Bertz CT molecular complexity index is 1630. The molecule has 5 aromatic heterocycles. The van der Waals surface area contributed by atoms with Gasteiger partial charge in [-0.05, 0) is 23.8 Å². The molecule has 5 heterocycles. The number of pyridine rings is 2. The number of methoxy groups -OCH3 is 1. The predicted molar refractivity (Wildman–Crippen MR) is 120 cm³/mol. The molecule has 0 aliphatic heterocycles. The maximum absolute atomic E-state index is 14.1. The number of fused-ring (bicyclic) bond motifs is 2. The number of imidazole rings is 1. The maximum atomic E-state index is 14.1. The largest absolute Gasteiger partial charge is 0.497 e. The summed E-state index contributed by atoms with van der Waals surface area (Å²) >= 11 is 0. The van der Waals surface area contributed by atoms with Crippen LogP contribution in [0.3, 0.4) is 0 Å². The van der Waals surface area contributed by atoms with Crippen LogP contribution in [0.2, 0.25) is 0 Å². The van der Waals surface area contributed by atoms with Crippen molar-refractivity contribution in [1.82, 2.24) is 40.1 Å². The number of aromatic amines is 2. The van der Waals surface area contributed by atoms with E-state index in [9.17, 15) is 4.39 Å². The number of benzene rings is 1. The van der Waals surface area contributed by atoms with E-state index in [2.05, 4.69) is 35.1 Å². The lowest BCUT2D eigenvalue weighted by Gasteiger charge is -2.06. The molecule has 9 nitrogen and oxygen atoms in total. The van der Waals surface area contributed by atoms with Crippen molar-refractivity contribution in [2.75, 3.05) is 7.11 Å². The van der Waals surface area contributed by atoms with Crippen LogP contribution < -0.4 is 4.74 Å².